The van der Waals surface area contributed by atoms with Crippen molar-refractivity contribution in [1.82, 2.24) is 0 Å². The van der Waals surface area contributed by atoms with Crippen molar-refractivity contribution in [3.05, 3.63) is 0 Å². The maximum Gasteiger partial charge on any atom is 0.306 e. The Hall–Kier alpha value is -1.59. The van der Waals surface area contributed by atoms with Gasteiger partial charge < -0.3 is 14.2 Å². The van der Waals surface area contributed by atoms with E-state index in [1.54, 1.807) is 0 Å². The molecule has 0 aliphatic carbocycles. The van der Waals surface area contributed by atoms with Crippen LogP contribution >= 0.6 is 0 Å². The molecule has 0 aromatic rings. The first-order valence-electron chi connectivity index (χ1n) is 28.6. The van der Waals surface area contributed by atoms with E-state index in [-0.39, 0.29) is 31.1 Å². The zero-order valence-corrected chi connectivity index (χ0v) is 44.1. The van der Waals surface area contributed by atoms with Crippen LogP contribution in [0.5, 0.6) is 0 Å². The van der Waals surface area contributed by atoms with Gasteiger partial charge in [0.25, 0.3) is 0 Å². The molecular weight excluding hydrogens is 793 g/mol. The minimum atomic E-state index is -0.763. The highest BCUT2D eigenvalue weighted by molar-refractivity contribution is 5.71. The Morgan fingerprint density at radius 3 is 0.672 bits per heavy atom. The van der Waals surface area contributed by atoms with Gasteiger partial charge in [0.15, 0.2) is 6.10 Å². The lowest BCUT2D eigenvalue weighted by molar-refractivity contribution is -0.167. The second-order valence-electron chi connectivity index (χ2n) is 21.4. The van der Waals surface area contributed by atoms with Crippen molar-refractivity contribution in [3.8, 4) is 0 Å². The highest BCUT2D eigenvalue weighted by Crippen LogP contribution is 2.18. The highest BCUT2D eigenvalue weighted by atomic mass is 16.6. The number of hydrogen-bond acceptors (Lipinski definition) is 6. The molecule has 0 aliphatic rings. The SMILES string of the molecule is CC(C)CCCCCCCCCCCCCCCCC(=O)OC[C@H](COC(=O)CCCCCCCCCCCCC(C)C)OC(=O)CCCCCCCCCCCCCCCC(C)C. The van der Waals surface area contributed by atoms with Gasteiger partial charge in [0.05, 0.1) is 0 Å². The minimum Gasteiger partial charge on any atom is -0.462 e. The third-order valence-corrected chi connectivity index (χ3v) is 13.1. The van der Waals surface area contributed by atoms with Crippen LogP contribution in [0, 0.1) is 17.8 Å². The maximum absolute atomic E-state index is 12.8. The molecule has 0 heterocycles. The number of esters is 3. The van der Waals surface area contributed by atoms with Crippen LogP contribution in [-0.2, 0) is 28.6 Å². The van der Waals surface area contributed by atoms with E-state index in [1.165, 1.54) is 199 Å². The monoisotopic (exact) mass is 905 g/mol. The van der Waals surface area contributed by atoms with Crippen LogP contribution in [0.15, 0.2) is 0 Å². The van der Waals surface area contributed by atoms with Gasteiger partial charge >= 0.3 is 17.9 Å². The number of carbonyl (C=O) groups excluding carboxylic acids is 3. The molecule has 0 N–H and O–H groups in total. The highest BCUT2D eigenvalue weighted by Gasteiger charge is 2.19. The first-order chi connectivity index (χ1) is 31.1. The van der Waals surface area contributed by atoms with Crippen LogP contribution in [0.2, 0.25) is 0 Å². The summed E-state index contributed by atoms with van der Waals surface area (Å²) in [7, 11) is 0. The topological polar surface area (TPSA) is 78.9 Å². The van der Waals surface area contributed by atoms with Gasteiger partial charge in [-0.1, -0.05) is 279 Å². The van der Waals surface area contributed by atoms with E-state index in [0.29, 0.717) is 19.3 Å². The van der Waals surface area contributed by atoms with Crippen molar-refractivity contribution in [3.63, 3.8) is 0 Å². The van der Waals surface area contributed by atoms with Crippen molar-refractivity contribution in [2.45, 2.75) is 324 Å². The Balaban J connectivity index is 4.30. The van der Waals surface area contributed by atoms with Crippen molar-refractivity contribution >= 4 is 17.9 Å². The lowest BCUT2D eigenvalue weighted by Crippen LogP contribution is -2.30. The molecule has 0 saturated carbocycles. The molecule has 0 saturated heterocycles. The summed E-state index contributed by atoms with van der Waals surface area (Å²) in [6, 6.07) is 0. The molecule has 6 nitrogen and oxygen atoms in total. The van der Waals surface area contributed by atoms with Gasteiger partial charge in [-0.3, -0.25) is 14.4 Å². The summed E-state index contributed by atoms with van der Waals surface area (Å²) in [6.07, 6.45) is 50.9. The molecule has 0 amide bonds. The molecule has 0 spiro atoms. The summed E-state index contributed by atoms with van der Waals surface area (Å²) < 4.78 is 16.9. The fourth-order valence-corrected chi connectivity index (χ4v) is 8.82. The Kier molecular flexibility index (Phi) is 48.1. The van der Waals surface area contributed by atoms with Gasteiger partial charge in [0.1, 0.15) is 13.2 Å². The Morgan fingerprint density at radius 1 is 0.266 bits per heavy atom. The molecule has 6 heteroatoms. The second kappa shape index (κ2) is 49.3. The molecule has 64 heavy (non-hydrogen) atoms. The average molecular weight is 906 g/mol. The molecule has 0 radical (unpaired) electrons. The molecule has 0 bridgehead atoms. The van der Waals surface area contributed by atoms with Gasteiger partial charge in [0, 0.05) is 19.3 Å². The average Bonchev–Trinajstić information content (AvgIpc) is 3.25. The van der Waals surface area contributed by atoms with E-state index >= 15 is 0 Å². The Bertz CT molecular complexity index is 991. The van der Waals surface area contributed by atoms with Crippen LogP contribution in [0.1, 0.15) is 318 Å². The molecule has 0 rings (SSSR count). The van der Waals surface area contributed by atoms with Gasteiger partial charge in [-0.2, -0.15) is 0 Å². The Morgan fingerprint density at radius 2 is 0.453 bits per heavy atom. The van der Waals surface area contributed by atoms with Crippen molar-refractivity contribution in [2.75, 3.05) is 13.2 Å². The zero-order valence-electron chi connectivity index (χ0n) is 44.1. The molecule has 1 atom stereocenters. The van der Waals surface area contributed by atoms with E-state index in [0.717, 1.165) is 75.5 Å². The van der Waals surface area contributed by atoms with E-state index in [4.69, 9.17) is 14.2 Å². The summed E-state index contributed by atoms with van der Waals surface area (Å²) in [5.74, 6) is 1.66. The molecule has 380 valence electrons. The minimum absolute atomic E-state index is 0.0636. The summed E-state index contributed by atoms with van der Waals surface area (Å²) in [5.41, 5.74) is 0. The first kappa shape index (κ1) is 62.4. The number of unbranched alkanes of at least 4 members (excludes halogenated alkanes) is 34. The fourth-order valence-electron chi connectivity index (χ4n) is 8.82. The molecule has 0 aliphatic heterocycles. The van der Waals surface area contributed by atoms with Crippen molar-refractivity contribution < 1.29 is 28.6 Å². The number of hydrogen-bond donors (Lipinski definition) is 0. The third kappa shape index (κ3) is 51.4. The van der Waals surface area contributed by atoms with Gasteiger partial charge in [-0.05, 0) is 37.0 Å². The normalized spacial score (nSPS) is 12.1. The fraction of sp³-hybridized carbons (Fsp3) is 0.948. The summed E-state index contributed by atoms with van der Waals surface area (Å²) >= 11 is 0. The summed E-state index contributed by atoms with van der Waals surface area (Å²) in [4.78, 5) is 38.1. The molecule has 0 aromatic carbocycles. The van der Waals surface area contributed by atoms with Crippen LogP contribution < -0.4 is 0 Å². The summed E-state index contributed by atoms with van der Waals surface area (Å²) in [6.45, 7) is 13.8. The maximum atomic E-state index is 12.8. The van der Waals surface area contributed by atoms with E-state index in [1.807, 2.05) is 0 Å². The van der Waals surface area contributed by atoms with E-state index in [9.17, 15) is 14.4 Å². The van der Waals surface area contributed by atoms with Gasteiger partial charge in [0.2, 0.25) is 0 Å². The van der Waals surface area contributed by atoms with Crippen LogP contribution in [0.25, 0.3) is 0 Å². The predicted molar refractivity (Wildman–Crippen MR) is 275 cm³/mol. The number of carbonyl (C=O) groups is 3. The number of ether oxygens (including phenoxy) is 3. The van der Waals surface area contributed by atoms with Crippen molar-refractivity contribution in [1.29, 1.82) is 0 Å². The lowest BCUT2D eigenvalue weighted by atomic mass is 10.0. The number of rotatable bonds is 51. The standard InChI is InChI=1S/C58H112O6/c1-52(2)44-38-32-26-20-14-10-7-8-12-16-23-29-35-41-47-56(59)62-50-55(51-63-57(60)48-42-36-30-24-19-18-22-28-34-40-46-54(5)6)64-58(61)49-43-37-31-25-17-13-9-11-15-21-27-33-39-45-53(3)4/h52-55H,7-51H2,1-6H3/t55-/m1/s1. The predicted octanol–water partition coefficient (Wildman–Crippen LogP) is 18.7. The summed E-state index contributed by atoms with van der Waals surface area (Å²) in [5, 5.41) is 0. The lowest BCUT2D eigenvalue weighted by Gasteiger charge is -2.18. The van der Waals surface area contributed by atoms with E-state index in [2.05, 4.69) is 41.5 Å². The van der Waals surface area contributed by atoms with Gasteiger partial charge in [-0.15, -0.1) is 0 Å². The largest absolute Gasteiger partial charge is 0.462 e. The first-order valence-corrected chi connectivity index (χ1v) is 28.6. The van der Waals surface area contributed by atoms with Crippen molar-refractivity contribution in [2.24, 2.45) is 17.8 Å². The molecule has 0 aromatic heterocycles. The molecular formula is C58H112O6. The third-order valence-electron chi connectivity index (χ3n) is 13.1. The zero-order chi connectivity index (χ0) is 47.0. The van der Waals surface area contributed by atoms with Crippen LogP contribution in [0.3, 0.4) is 0 Å². The van der Waals surface area contributed by atoms with Crippen LogP contribution in [0.4, 0.5) is 0 Å². The smallest absolute Gasteiger partial charge is 0.306 e. The Labute approximate surface area is 399 Å². The molecule has 0 unspecified atom stereocenters. The van der Waals surface area contributed by atoms with E-state index < -0.39 is 6.10 Å². The van der Waals surface area contributed by atoms with Gasteiger partial charge in [-0.25, -0.2) is 0 Å². The molecule has 0 fully saturated rings. The quantitative estimate of drug-likeness (QED) is 0.0344. The second-order valence-corrected chi connectivity index (χ2v) is 21.4. The van der Waals surface area contributed by atoms with Crippen LogP contribution in [-0.4, -0.2) is 37.2 Å².